The summed E-state index contributed by atoms with van der Waals surface area (Å²) in [5.74, 6) is 0.474. The Labute approximate surface area is 171 Å². The van der Waals surface area contributed by atoms with Gasteiger partial charge >= 0.3 is 0 Å². The van der Waals surface area contributed by atoms with Crippen LogP contribution in [0.3, 0.4) is 0 Å². The van der Waals surface area contributed by atoms with Gasteiger partial charge in [0.2, 0.25) is 5.91 Å². The van der Waals surface area contributed by atoms with E-state index in [9.17, 15) is 4.79 Å². The molecule has 2 saturated heterocycles. The highest BCUT2D eigenvalue weighted by molar-refractivity contribution is 5.85. The van der Waals surface area contributed by atoms with Crippen LogP contribution >= 0.6 is 24.8 Å². The molecule has 2 fully saturated rings. The van der Waals surface area contributed by atoms with Crippen LogP contribution in [0.1, 0.15) is 34.1 Å². The number of morpholine rings is 1. The lowest BCUT2D eigenvalue weighted by Gasteiger charge is -2.41. The van der Waals surface area contributed by atoms with E-state index in [-0.39, 0.29) is 49.0 Å². The van der Waals surface area contributed by atoms with Crippen molar-refractivity contribution in [1.82, 2.24) is 20.4 Å². The van der Waals surface area contributed by atoms with Crippen LogP contribution in [0.15, 0.2) is 0 Å². The van der Waals surface area contributed by atoms with Crippen molar-refractivity contribution >= 4 is 30.7 Å². The molecule has 2 aliphatic rings. The zero-order valence-electron chi connectivity index (χ0n) is 16.7. The molecule has 0 spiro atoms. The molecule has 8 heteroatoms. The highest BCUT2D eigenvalue weighted by Crippen LogP contribution is 2.18. The van der Waals surface area contributed by atoms with Gasteiger partial charge in [0.15, 0.2) is 0 Å². The van der Waals surface area contributed by atoms with Gasteiger partial charge in [-0.2, -0.15) is 0 Å². The van der Waals surface area contributed by atoms with Crippen molar-refractivity contribution in [1.29, 1.82) is 0 Å². The third kappa shape index (κ3) is 8.28. The molecule has 1 amide bonds. The summed E-state index contributed by atoms with van der Waals surface area (Å²) in [6.07, 6.45) is 1.40. The standard InChI is InChI=1S/C18H36N4O2.2ClH/c1-14(2)17(22-12-15(3)24-16(4)13-22)18(23)20-6-5-9-21-10-7-19-8-11-21;;/h14-17,19H,5-13H2,1-4H3,(H,20,23);2*1H. The Morgan fingerprint density at radius 2 is 1.73 bits per heavy atom. The zero-order chi connectivity index (χ0) is 17.5. The number of carbonyl (C=O) groups is 1. The fourth-order valence-corrected chi connectivity index (χ4v) is 3.89. The lowest BCUT2D eigenvalue weighted by Crippen LogP contribution is -2.57. The topological polar surface area (TPSA) is 56.8 Å². The first-order valence-corrected chi connectivity index (χ1v) is 9.57. The van der Waals surface area contributed by atoms with Crippen molar-refractivity contribution in [3.8, 4) is 0 Å². The highest BCUT2D eigenvalue weighted by Gasteiger charge is 2.33. The predicted octanol–water partition coefficient (Wildman–Crippen LogP) is 1.38. The second-order valence-electron chi connectivity index (χ2n) is 7.64. The molecule has 0 aliphatic carbocycles. The summed E-state index contributed by atoms with van der Waals surface area (Å²) in [5.41, 5.74) is 0. The van der Waals surface area contributed by atoms with Gasteiger partial charge in [-0.3, -0.25) is 9.69 Å². The SMILES string of the molecule is CC1CN(C(C(=O)NCCCN2CCNCC2)C(C)C)CC(C)O1.Cl.Cl. The maximum Gasteiger partial charge on any atom is 0.237 e. The van der Waals surface area contributed by atoms with E-state index in [1.54, 1.807) is 0 Å². The Hall–Kier alpha value is -0.110. The molecule has 0 aromatic rings. The Kier molecular flexibility index (Phi) is 13.1. The van der Waals surface area contributed by atoms with Crippen molar-refractivity contribution in [2.24, 2.45) is 5.92 Å². The van der Waals surface area contributed by atoms with E-state index in [4.69, 9.17) is 4.74 Å². The third-order valence-corrected chi connectivity index (χ3v) is 4.90. The van der Waals surface area contributed by atoms with Crippen molar-refractivity contribution in [3.05, 3.63) is 0 Å². The first kappa shape index (κ1) is 25.9. The number of nitrogens with one attached hydrogen (secondary N) is 2. The number of halogens is 2. The number of hydrogen-bond acceptors (Lipinski definition) is 5. The summed E-state index contributed by atoms with van der Waals surface area (Å²) in [6, 6.07) is -0.0574. The highest BCUT2D eigenvalue weighted by atomic mass is 35.5. The monoisotopic (exact) mass is 412 g/mol. The molecular formula is C18H38Cl2N4O2. The van der Waals surface area contributed by atoms with Crippen LogP contribution in [0.5, 0.6) is 0 Å². The Morgan fingerprint density at radius 3 is 2.27 bits per heavy atom. The Bertz CT molecular complexity index is 385. The molecule has 3 unspecified atom stereocenters. The molecule has 2 aliphatic heterocycles. The van der Waals surface area contributed by atoms with Gasteiger partial charge in [0.1, 0.15) is 0 Å². The molecule has 0 aromatic heterocycles. The molecule has 2 rings (SSSR count). The number of ether oxygens (including phenoxy) is 1. The molecule has 0 saturated carbocycles. The minimum absolute atomic E-state index is 0. The first-order valence-electron chi connectivity index (χ1n) is 9.57. The number of rotatable bonds is 7. The first-order chi connectivity index (χ1) is 11.5. The number of carbonyl (C=O) groups excluding carboxylic acids is 1. The summed E-state index contributed by atoms with van der Waals surface area (Å²) >= 11 is 0. The normalized spacial score (nSPS) is 25.9. The lowest BCUT2D eigenvalue weighted by molar-refractivity contribution is -0.135. The van der Waals surface area contributed by atoms with E-state index in [0.717, 1.165) is 58.8 Å². The van der Waals surface area contributed by atoms with Crippen molar-refractivity contribution in [2.45, 2.75) is 52.4 Å². The van der Waals surface area contributed by atoms with Gasteiger partial charge in [-0.05, 0) is 32.7 Å². The van der Waals surface area contributed by atoms with Crippen LogP contribution in [0.4, 0.5) is 0 Å². The largest absolute Gasteiger partial charge is 0.373 e. The molecule has 2 heterocycles. The smallest absolute Gasteiger partial charge is 0.237 e. The van der Waals surface area contributed by atoms with Crippen LogP contribution in [-0.2, 0) is 9.53 Å². The Balaban J connectivity index is 0.00000312. The van der Waals surface area contributed by atoms with Gasteiger partial charge in [-0.15, -0.1) is 24.8 Å². The summed E-state index contributed by atoms with van der Waals surface area (Å²) in [6.45, 7) is 16.3. The molecule has 156 valence electrons. The Morgan fingerprint density at radius 1 is 1.15 bits per heavy atom. The van der Waals surface area contributed by atoms with Crippen LogP contribution in [-0.4, -0.2) is 86.3 Å². The minimum atomic E-state index is -0.0574. The number of piperazine rings is 1. The van der Waals surface area contributed by atoms with E-state index >= 15 is 0 Å². The third-order valence-electron chi connectivity index (χ3n) is 4.90. The summed E-state index contributed by atoms with van der Waals surface area (Å²) in [5, 5.41) is 6.53. The van der Waals surface area contributed by atoms with Crippen LogP contribution in [0.25, 0.3) is 0 Å². The number of nitrogens with zero attached hydrogens (tertiary/aromatic N) is 2. The fraction of sp³-hybridized carbons (Fsp3) is 0.944. The van der Waals surface area contributed by atoms with Gasteiger partial charge in [-0.25, -0.2) is 0 Å². The molecule has 6 nitrogen and oxygen atoms in total. The second kappa shape index (κ2) is 13.1. The average Bonchev–Trinajstić information content (AvgIpc) is 2.51. The quantitative estimate of drug-likeness (QED) is 0.618. The molecule has 2 N–H and O–H groups in total. The maximum absolute atomic E-state index is 12.7. The van der Waals surface area contributed by atoms with Gasteiger partial charge < -0.3 is 20.3 Å². The van der Waals surface area contributed by atoms with Crippen LogP contribution in [0.2, 0.25) is 0 Å². The maximum atomic E-state index is 12.7. The minimum Gasteiger partial charge on any atom is -0.373 e. The van der Waals surface area contributed by atoms with Gasteiger partial charge in [-0.1, -0.05) is 13.8 Å². The van der Waals surface area contributed by atoms with E-state index in [1.807, 2.05) is 0 Å². The van der Waals surface area contributed by atoms with Crippen molar-refractivity contribution < 1.29 is 9.53 Å². The van der Waals surface area contributed by atoms with E-state index in [1.165, 1.54) is 0 Å². The van der Waals surface area contributed by atoms with E-state index in [0.29, 0.717) is 5.92 Å². The second-order valence-corrected chi connectivity index (χ2v) is 7.64. The molecule has 0 bridgehead atoms. The van der Waals surface area contributed by atoms with Crippen LogP contribution < -0.4 is 10.6 Å². The van der Waals surface area contributed by atoms with Crippen molar-refractivity contribution in [3.63, 3.8) is 0 Å². The molecule has 26 heavy (non-hydrogen) atoms. The average molecular weight is 413 g/mol. The summed E-state index contributed by atoms with van der Waals surface area (Å²) in [4.78, 5) is 17.5. The molecule has 3 atom stereocenters. The molecule has 0 radical (unpaired) electrons. The van der Waals surface area contributed by atoms with Crippen LogP contribution in [0, 0.1) is 5.92 Å². The summed E-state index contributed by atoms with van der Waals surface area (Å²) in [7, 11) is 0. The van der Waals surface area contributed by atoms with Gasteiger partial charge in [0.05, 0.1) is 18.2 Å². The van der Waals surface area contributed by atoms with Crippen molar-refractivity contribution in [2.75, 3.05) is 52.4 Å². The number of amides is 1. The lowest BCUT2D eigenvalue weighted by atomic mass is 9.99. The number of hydrogen-bond donors (Lipinski definition) is 2. The zero-order valence-corrected chi connectivity index (χ0v) is 18.3. The summed E-state index contributed by atoms with van der Waals surface area (Å²) < 4.78 is 5.81. The fourth-order valence-electron chi connectivity index (χ4n) is 3.89. The van der Waals surface area contributed by atoms with Gasteiger partial charge in [0.25, 0.3) is 0 Å². The molecule has 0 aromatic carbocycles. The predicted molar refractivity (Wildman–Crippen MR) is 112 cm³/mol. The van der Waals surface area contributed by atoms with E-state index in [2.05, 4.69) is 48.1 Å². The van der Waals surface area contributed by atoms with E-state index < -0.39 is 0 Å². The van der Waals surface area contributed by atoms with Gasteiger partial charge in [0, 0.05) is 45.8 Å². The molecular weight excluding hydrogens is 375 g/mol.